The number of ether oxygens (including phenoxy) is 2. The molecule has 3 rings (SSSR count). The van der Waals surface area contributed by atoms with E-state index in [1.54, 1.807) is 0 Å². The SMILES string of the molecule is CCCCNNC(=O)[C@]1(Cc2ccccc2Br)COC(c2ccc(OCCCO)cc2)=N1. The Hall–Kier alpha value is -2.42. The van der Waals surface area contributed by atoms with E-state index in [0.29, 0.717) is 37.6 Å². The number of amides is 1. The number of hydrazine groups is 1. The van der Waals surface area contributed by atoms with Crippen molar-refractivity contribution in [3.8, 4) is 5.75 Å². The Labute approximate surface area is 197 Å². The van der Waals surface area contributed by atoms with E-state index < -0.39 is 5.54 Å². The maximum Gasteiger partial charge on any atom is 0.266 e. The number of aliphatic imine (C=N–C) groups is 1. The van der Waals surface area contributed by atoms with Crippen LogP contribution in [0.3, 0.4) is 0 Å². The number of aliphatic hydroxyl groups is 1. The van der Waals surface area contributed by atoms with Crippen molar-refractivity contribution in [3.63, 3.8) is 0 Å². The molecule has 0 saturated heterocycles. The van der Waals surface area contributed by atoms with Crippen LogP contribution in [0.2, 0.25) is 0 Å². The summed E-state index contributed by atoms with van der Waals surface area (Å²) in [5.41, 5.74) is 6.51. The average molecular weight is 504 g/mol. The van der Waals surface area contributed by atoms with E-state index in [4.69, 9.17) is 19.6 Å². The van der Waals surface area contributed by atoms with Crippen molar-refractivity contribution in [2.75, 3.05) is 26.4 Å². The van der Waals surface area contributed by atoms with Gasteiger partial charge in [0.25, 0.3) is 5.91 Å². The fraction of sp³-hybridized carbons (Fsp3) is 0.417. The lowest BCUT2D eigenvalue weighted by molar-refractivity contribution is -0.127. The van der Waals surface area contributed by atoms with Crippen LogP contribution in [0, 0.1) is 0 Å². The van der Waals surface area contributed by atoms with E-state index >= 15 is 0 Å². The van der Waals surface area contributed by atoms with Crippen molar-refractivity contribution >= 4 is 27.7 Å². The van der Waals surface area contributed by atoms with Gasteiger partial charge >= 0.3 is 0 Å². The number of aliphatic hydroxyl groups excluding tert-OH is 1. The molecule has 1 heterocycles. The molecule has 1 aliphatic rings. The number of halogens is 1. The molecule has 1 amide bonds. The Kier molecular flexibility index (Phi) is 9.08. The average Bonchev–Trinajstić information content (AvgIpc) is 3.24. The molecule has 0 aromatic heterocycles. The molecule has 0 spiro atoms. The van der Waals surface area contributed by atoms with Gasteiger partial charge in [0, 0.05) is 36.0 Å². The van der Waals surface area contributed by atoms with E-state index in [-0.39, 0.29) is 19.1 Å². The van der Waals surface area contributed by atoms with Gasteiger partial charge in [-0.3, -0.25) is 10.2 Å². The zero-order chi connectivity index (χ0) is 22.8. The molecule has 32 heavy (non-hydrogen) atoms. The molecule has 0 unspecified atom stereocenters. The summed E-state index contributed by atoms with van der Waals surface area (Å²) in [6, 6.07) is 15.2. The minimum atomic E-state index is -1.07. The summed E-state index contributed by atoms with van der Waals surface area (Å²) in [4.78, 5) is 18.0. The second-order valence-corrected chi connectivity index (χ2v) is 8.54. The number of nitrogens with zero attached hydrogens (tertiary/aromatic N) is 1. The van der Waals surface area contributed by atoms with Crippen LogP contribution in [0.25, 0.3) is 0 Å². The number of hydrogen-bond donors (Lipinski definition) is 3. The lowest BCUT2D eigenvalue weighted by Gasteiger charge is -2.24. The predicted molar refractivity (Wildman–Crippen MR) is 128 cm³/mol. The minimum Gasteiger partial charge on any atom is -0.494 e. The Balaban J connectivity index is 1.80. The molecule has 1 atom stereocenters. The van der Waals surface area contributed by atoms with Gasteiger partial charge in [-0.1, -0.05) is 47.5 Å². The maximum atomic E-state index is 13.2. The highest BCUT2D eigenvalue weighted by atomic mass is 79.9. The third kappa shape index (κ3) is 6.31. The van der Waals surface area contributed by atoms with Crippen LogP contribution in [-0.4, -0.2) is 48.8 Å². The first-order chi connectivity index (χ1) is 15.6. The molecule has 0 fully saturated rings. The standard InChI is InChI=1S/C24H30BrN3O4/c1-2-3-13-26-28-23(30)24(16-19-7-4-5-8-21(19)25)17-32-22(27-24)18-9-11-20(12-10-18)31-15-6-14-29/h4-5,7-12,26,29H,2-3,6,13-17H2,1H3,(H,28,30)/t24-/m0/s1. The van der Waals surface area contributed by atoms with Crippen molar-refractivity contribution in [2.24, 2.45) is 4.99 Å². The lowest BCUT2D eigenvalue weighted by atomic mass is 9.91. The number of hydrogen-bond acceptors (Lipinski definition) is 6. The molecule has 0 aliphatic carbocycles. The van der Waals surface area contributed by atoms with Gasteiger partial charge in [-0.15, -0.1) is 0 Å². The first-order valence-corrected chi connectivity index (χ1v) is 11.7. The Morgan fingerprint density at radius 3 is 2.72 bits per heavy atom. The molecular weight excluding hydrogens is 474 g/mol. The summed E-state index contributed by atoms with van der Waals surface area (Å²) in [6.45, 7) is 3.50. The van der Waals surface area contributed by atoms with E-state index in [1.807, 2.05) is 48.5 Å². The highest BCUT2D eigenvalue weighted by Crippen LogP contribution is 2.30. The monoisotopic (exact) mass is 503 g/mol. The van der Waals surface area contributed by atoms with Crippen LogP contribution in [0.5, 0.6) is 5.75 Å². The smallest absolute Gasteiger partial charge is 0.266 e. The molecule has 8 heteroatoms. The molecule has 7 nitrogen and oxygen atoms in total. The summed E-state index contributed by atoms with van der Waals surface area (Å²) in [7, 11) is 0. The van der Waals surface area contributed by atoms with Crippen molar-refractivity contribution in [2.45, 2.75) is 38.1 Å². The van der Waals surface area contributed by atoms with E-state index in [2.05, 4.69) is 33.7 Å². The van der Waals surface area contributed by atoms with Crippen molar-refractivity contribution in [1.29, 1.82) is 0 Å². The minimum absolute atomic E-state index is 0.0949. The predicted octanol–water partition coefficient (Wildman–Crippen LogP) is 3.39. The van der Waals surface area contributed by atoms with Gasteiger partial charge < -0.3 is 14.6 Å². The number of benzene rings is 2. The second kappa shape index (κ2) is 12.0. The molecule has 2 aromatic rings. The van der Waals surface area contributed by atoms with Gasteiger partial charge in [0.2, 0.25) is 5.90 Å². The molecule has 2 aromatic carbocycles. The summed E-state index contributed by atoms with van der Waals surface area (Å²) in [6.07, 6.45) is 2.99. The van der Waals surface area contributed by atoms with E-state index in [9.17, 15) is 4.79 Å². The number of unbranched alkanes of at least 4 members (excludes halogenated alkanes) is 1. The molecular formula is C24H30BrN3O4. The van der Waals surface area contributed by atoms with Crippen LogP contribution >= 0.6 is 15.9 Å². The van der Waals surface area contributed by atoms with Crippen LogP contribution in [-0.2, 0) is 16.0 Å². The first-order valence-electron chi connectivity index (χ1n) is 10.9. The number of carbonyl (C=O) groups is 1. The van der Waals surface area contributed by atoms with Crippen molar-refractivity contribution in [1.82, 2.24) is 10.9 Å². The summed E-state index contributed by atoms with van der Waals surface area (Å²) in [5, 5.41) is 8.88. The van der Waals surface area contributed by atoms with Gasteiger partial charge in [-0.2, -0.15) is 0 Å². The fourth-order valence-electron chi connectivity index (χ4n) is 3.31. The highest BCUT2D eigenvalue weighted by Gasteiger charge is 2.44. The molecule has 172 valence electrons. The third-order valence-corrected chi connectivity index (χ3v) is 5.93. The molecule has 0 radical (unpaired) electrons. The Morgan fingerprint density at radius 2 is 2.00 bits per heavy atom. The number of nitrogens with one attached hydrogen (secondary N) is 2. The molecule has 3 N–H and O–H groups in total. The Bertz CT molecular complexity index is 920. The van der Waals surface area contributed by atoms with Crippen molar-refractivity contribution < 1.29 is 19.4 Å². The zero-order valence-electron chi connectivity index (χ0n) is 18.3. The number of rotatable bonds is 12. The largest absolute Gasteiger partial charge is 0.494 e. The van der Waals surface area contributed by atoms with Gasteiger partial charge in [-0.05, 0) is 42.3 Å². The van der Waals surface area contributed by atoms with Gasteiger partial charge in [0.15, 0.2) is 5.54 Å². The van der Waals surface area contributed by atoms with Crippen LogP contribution < -0.4 is 15.6 Å². The molecule has 0 bridgehead atoms. The summed E-state index contributed by atoms with van der Waals surface area (Å²) in [5.74, 6) is 0.920. The topological polar surface area (TPSA) is 92.2 Å². The molecule has 1 aliphatic heterocycles. The summed E-state index contributed by atoms with van der Waals surface area (Å²) < 4.78 is 12.4. The maximum absolute atomic E-state index is 13.2. The van der Waals surface area contributed by atoms with Crippen LogP contribution in [0.15, 0.2) is 58.0 Å². The molecule has 0 saturated carbocycles. The van der Waals surface area contributed by atoms with Gasteiger partial charge in [0.1, 0.15) is 12.4 Å². The fourth-order valence-corrected chi connectivity index (χ4v) is 3.74. The second-order valence-electron chi connectivity index (χ2n) is 7.69. The summed E-state index contributed by atoms with van der Waals surface area (Å²) >= 11 is 3.58. The Morgan fingerprint density at radius 1 is 1.22 bits per heavy atom. The van der Waals surface area contributed by atoms with Crippen LogP contribution in [0.4, 0.5) is 0 Å². The third-order valence-electron chi connectivity index (χ3n) is 5.16. The first kappa shape index (κ1) is 24.2. The normalized spacial score (nSPS) is 17.5. The van der Waals surface area contributed by atoms with Gasteiger partial charge in [-0.25, -0.2) is 10.4 Å². The van der Waals surface area contributed by atoms with Gasteiger partial charge in [0.05, 0.1) is 6.61 Å². The number of carbonyl (C=O) groups excluding carboxylic acids is 1. The zero-order valence-corrected chi connectivity index (χ0v) is 19.9. The van der Waals surface area contributed by atoms with Crippen molar-refractivity contribution in [3.05, 3.63) is 64.1 Å². The quantitative estimate of drug-likeness (QED) is 0.305. The van der Waals surface area contributed by atoms with E-state index in [0.717, 1.165) is 28.4 Å². The lowest BCUT2D eigenvalue weighted by Crippen LogP contribution is -2.53. The highest BCUT2D eigenvalue weighted by molar-refractivity contribution is 9.10. The van der Waals surface area contributed by atoms with Crippen LogP contribution in [0.1, 0.15) is 37.3 Å². The van der Waals surface area contributed by atoms with E-state index in [1.165, 1.54) is 0 Å².